The highest BCUT2D eigenvalue weighted by Gasteiger charge is 2.21. The van der Waals surface area contributed by atoms with Crippen LogP contribution >= 0.6 is 22.6 Å². The number of halogens is 1. The maximum atomic E-state index is 11.7. The summed E-state index contributed by atoms with van der Waals surface area (Å²) in [5.41, 5.74) is 0.534. The van der Waals surface area contributed by atoms with E-state index >= 15 is 0 Å². The van der Waals surface area contributed by atoms with Gasteiger partial charge in [0.1, 0.15) is 0 Å². The fraction of sp³-hybridized carbons (Fsp3) is 0.364. The Morgan fingerprint density at radius 1 is 1.29 bits per heavy atom. The first kappa shape index (κ1) is 11.5. The lowest BCUT2D eigenvalue weighted by Crippen LogP contribution is -2.27. The molecule has 1 amide bonds. The van der Waals surface area contributed by atoms with Gasteiger partial charge in [0, 0.05) is 8.99 Å². The zero-order valence-corrected chi connectivity index (χ0v) is 10.8. The molecular weight excluding hydrogens is 289 g/mol. The number of rotatable bonds is 1. The summed E-state index contributed by atoms with van der Waals surface area (Å²) in [6, 6.07) is 7.75. The monoisotopic (exact) mass is 303 g/mol. The van der Waals surface area contributed by atoms with E-state index < -0.39 is 0 Å². The Kier molecular flexibility index (Phi) is 3.53. The Morgan fingerprint density at radius 3 is 2.36 bits per heavy atom. The molecule has 0 atom stereocenters. The second-order valence-electron chi connectivity index (χ2n) is 4.18. The molecule has 2 nitrogen and oxygen atoms in total. The first-order chi connectivity index (χ1) is 6.41. The van der Waals surface area contributed by atoms with Gasteiger partial charge in [-0.15, -0.1) is 0 Å². The third kappa shape index (κ3) is 2.97. The van der Waals surface area contributed by atoms with Crippen molar-refractivity contribution in [3.05, 3.63) is 27.8 Å². The van der Waals surface area contributed by atoms with Crippen molar-refractivity contribution in [1.82, 2.24) is 0 Å². The number of anilines is 1. The van der Waals surface area contributed by atoms with E-state index in [4.69, 9.17) is 0 Å². The molecule has 1 N–H and O–H groups in total. The quantitative estimate of drug-likeness (QED) is 0.793. The summed E-state index contributed by atoms with van der Waals surface area (Å²) in [5, 5.41) is 2.90. The van der Waals surface area contributed by atoms with E-state index in [1.807, 2.05) is 45.0 Å². The molecule has 0 heterocycles. The Bertz CT molecular complexity index is 341. The SMILES string of the molecule is CC(C)(C)C(=O)Nc1ccccc1I. The summed E-state index contributed by atoms with van der Waals surface area (Å²) < 4.78 is 1.06. The molecule has 14 heavy (non-hydrogen) atoms. The predicted molar refractivity (Wildman–Crippen MR) is 67.2 cm³/mol. The fourth-order valence-corrected chi connectivity index (χ4v) is 1.39. The van der Waals surface area contributed by atoms with Crippen LogP contribution in [0.3, 0.4) is 0 Å². The van der Waals surface area contributed by atoms with Crippen LogP contribution in [-0.4, -0.2) is 5.91 Å². The van der Waals surface area contributed by atoms with Gasteiger partial charge in [-0.2, -0.15) is 0 Å². The molecule has 0 spiro atoms. The Labute approximate surface area is 98.2 Å². The Hall–Kier alpha value is -0.580. The van der Waals surface area contributed by atoms with Crippen LogP contribution in [0.2, 0.25) is 0 Å². The maximum Gasteiger partial charge on any atom is 0.229 e. The van der Waals surface area contributed by atoms with E-state index in [2.05, 4.69) is 27.9 Å². The number of hydrogen-bond donors (Lipinski definition) is 1. The Morgan fingerprint density at radius 2 is 1.86 bits per heavy atom. The van der Waals surface area contributed by atoms with Crippen molar-refractivity contribution in [2.24, 2.45) is 5.41 Å². The van der Waals surface area contributed by atoms with Crippen LogP contribution in [0.1, 0.15) is 20.8 Å². The van der Waals surface area contributed by atoms with Gasteiger partial charge < -0.3 is 5.32 Å². The minimum Gasteiger partial charge on any atom is -0.325 e. The molecule has 1 aromatic carbocycles. The molecular formula is C11H14INO. The van der Waals surface area contributed by atoms with Crippen molar-refractivity contribution in [1.29, 1.82) is 0 Å². The van der Waals surface area contributed by atoms with Crippen molar-refractivity contribution in [2.45, 2.75) is 20.8 Å². The van der Waals surface area contributed by atoms with Crippen molar-refractivity contribution in [3.8, 4) is 0 Å². The molecule has 0 radical (unpaired) electrons. The Balaban J connectivity index is 2.80. The molecule has 76 valence electrons. The zero-order valence-electron chi connectivity index (χ0n) is 8.60. The number of carbonyl (C=O) groups is 1. The summed E-state index contributed by atoms with van der Waals surface area (Å²) in [6.07, 6.45) is 0. The summed E-state index contributed by atoms with van der Waals surface area (Å²) in [5.74, 6) is 0.0432. The first-order valence-corrected chi connectivity index (χ1v) is 5.55. The van der Waals surface area contributed by atoms with Gasteiger partial charge in [0.15, 0.2) is 0 Å². The van der Waals surface area contributed by atoms with E-state index in [9.17, 15) is 4.79 Å². The lowest BCUT2D eigenvalue weighted by Gasteiger charge is -2.18. The van der Waals surface area contributed by atoms with Crippen LogP contribution in [0, 0.1) is 8.99 Å². The number of nitrogens with one attached hydrogen (secondary N) is 1. The average molecular weight is 303 g/mol. The lowest BCUT2D eigenvalue weighted by molar-refractivity contribution is -0.123. The molecule has 0 bridgehead atoms. The number of hydrogen-bond acceptors (Lipinski definition) is 1. The second kappa shape index (κ2) is 4.29. The molecule has 1 rings (SSSR count). The van der Waals surface area contributed by atoms with Crippen molar-refractivity contribution < 1.29 is 4.79 Å². The number of benzene rings is 1. The molecule has 0 fully saturated rings. The summed E-state index contributed by atoms with van der Waals surface area (Å²) in [7, 11) is 0. The summed E-state index contributed by atoms with van der Waals surface area (Å²) >= 11 is 2.21. The van der Waals surface area contributed by atoms with Crippen LogP contribution in [0.25, 0.3) is 0 Å². The number of carbonyl (C=O) groups excluding carboxylic acids is 1. The third-order valence-corrected chi connectivity index (χ3v) is 2.74. The van der Waals surface area contributed by atoms with Crippen molar-refractivity contribution >= 4 is 34.2 Å². The fourth-order valence-electron chi connectivity index (χ4n) is 0.872. The van der Waals surface area contributed by atoms with Crippen LogP contribution in [-0.2, 0) is 4.79 Å². The van der Waals surface area contributed by atoms with Gasteiger partial charge >= 0.3 is 0 Å². The smallest absolute Gasteiger partial charge is 0.229 e. The summed E-state index contributed by atoms with van der Waals surface area (Å²) in [4.78, 5) is 11.7. The molecule has 0 aliphatic heterocycles. The first-order valence-electron chi connectivity index (χ1n) is 4.47. The van der Waals surface area contributed by atoms with E-state index in [1.54, 1.807) is 0 Å². The van der Waals surface area contributed by atoms with Gasteiger partial charge in [-0.25, -0.2) is 0 Å². The van der Waals surface area contributed by atoms with Gasteiger partial charge in [0.05, 0.1) is 5.69 Å². The van der Waals surface area contributed by atoms with Crippen LogP contribution in [0.5, 0.6) is 0 Å². The van der Waals surface area contributed by atoms with Gasteiger partial charge in [-0.1, -0.05) is 32.9 Å². The molecule has 0 aliphatic carbocycles. The standard InChI is InChI=1S/C11H14INO/c1-11(2,3)10(14)13-9-7-5-4-6-8(9)12/h4-7H,1-3H3,(H,13,14). The van der Waals surface area contributed by atoms with Crippen LogP contribution < -0.4 is 5.32 Å². The van der Waals surface area contributed by atoms with Gasteiger partial charge in [-0.3, -0.25) is 4.79 Å². The largest absolute Gasteiger partial charge is 0.325 e. The van der Waals surface area contributed by atoms with Crippen molar-refractivity contribution in [3.63, 3.8) is 0 Å². The third-order valence-electron chi connectivity index (χ3n) is 1.80. The van der Waals surface area contributed by atoms with Crippen molar-refractivity contribution in [2.75, 3.05) is 5.32 Å². The van der Waals surface area contributed by atoms with Gasteiger partial charge in [0.2, 0.25) is 5.91 Å². The molecule has 1 aromatic rings. The van der Waals surface area contributed by atoms with E-state index in [-0.39, 0.29) is 11.3 Å². The highest BCUT2D eigenvalue weighted by atomic mass is 127. The summed E-state index contributed by atoms with van der Waals surface area (Å²) in [6.45, 7) is 5.70. The van der Waals surface area contributed by atoms with Gasteiger partial charge in [0.25, 0.3) is 0 Å². The lowest BCUT2D eigenvalue weighted by atomic mass is 9.95. The van der Waals surface area contributed by atoms with E-state index in [0.29, 0.717) is 0 Å². The minimum absolute atomic E-state index is 0.0432. The molecule has 0 aliphatic rings. The van der Waals surface area contributed by atoms with Crippen LogP contribution in [0.15, 0.2) is 24.3 Å². The average Bonchev–Trinajstić information content (AvgIpc) is 2.07. The molecule has 0 aromatic heterocycles. The van der Waals surface area contributed by atoms with Gasteiger partial charge in [-0.05, 0) is 34.7 Å². The predicted octanol–water partition coefficient (Wildman–Crippen LogP) is 3.28. The molecule has 3 heteroatoms. The number of para-hydroxylation sites is 1. The normalized spacial score (nSPS) is 11.1. The minimum atomic E-state index is -0.348. The molecule has 0 saturated carbocycles. The van der Waals surface area contributed by atoms with E-state index in [0.717, 1.165) is 9.26 Å². The highest BCUT2D eigenvalue weighted by Crippen LogP contribution is 2.21. The van der Waals surface area contributed by atoms with Crippen LogP contribution in [0.4, 0.5) is 5.69 Å². The second-order valence-corrected chi connectivity index (χ2v) is 5.35. The zero-order chi connectivity index (χ0) is 10.8. The molecule has 0 unspecified atom stereocenters. The number of amides is 1. The molecule has 0 saturated heterocycles. The van der Waals surface area contributed by atoms with E-state index in [1.165, 1.54) is 0 Å². The topological polar surface area (TPSA) is 29.1 Å². The highest BCUT2D eigenvalue weighted by molar-refractivity contribution is 14.1. The maximum absolute atomic E-state index is 11.7.